The summed E-state index contributed by atoms with van der Waals surface area (Å²) in [7, 11) is 8.13. The molecule has 6 heteroatoms. The zero-order chi connectivity index (χ0) is 25.3. The number of carbonyl (C=O) groups is 2. The third-order valence-electron chi connectivity index (χ3n) is 5.46. The average Bonchev–Trinajstić information content (AvgIpc) is 2.92. The van der Waals surface area contributed by atoms with Gasteiger partial charge in [-0.1, -0.05) is 53.7 Å². The van der Waals surface area contributed by atoms with Crippen molar-refractivity contribution in [2.45, 2.75) is 54.4 Å². The highest BCUT2D eigenvalue weighted by Gasteiger charge is 2.35. The summed E-state index contributed by atoms with van der Waals surface area (Å²) in [6, 6.07) is 7.04. The minimum atomic E-state index is -0.147. The van der Waals surface area contributed by atoms with Crippen molar-refractivity contribution >= 4 is 17.8 Å². The van der Waals surface area contributed by atoms with Crippen LogP contribution in [0.4, 0.5) is 0 Å². The number of benzene rings is 1. The third-order valence-corrected chi connectivity index (χ3v) is 5.46. The Morgan fingerprint density at radius 1 is 0.788 bits per heavy atom. The molecule has 1 aromatic rings. The molecule has 2 atom stereocenters. The fourth-order valence-corrected chi connectivity index (χ4v) is 4.40. The summed E-state index contributed by atoms with van der Waals surface area (Å²) in [6.45, 7) is 14.6. The number of hydrogen-bond donors (Lipinski definition) is 0. The van der Waals surface area contributed by atoms with E-state index in [-0.39, 0.29) is 11.8 Å². The van der Waals surface area contributed by atoms with Gasteiger partial charge in [-0.2, -0.15) is 0 Å². The number of guanidine groups is 1. The van der Waals surface area contributed by atoms with E-state index in [9.17, 15) is 9.59 Å². The van der Waals surface area contributed by atoms with Crippen molar-refractivity contribution in [3.63, 3.8) is 0 Å². The normalized spacial score (nSPS) is 14.6. The Balaban J connectivity index is 0.000000337. The topological polar surface area (TPSA) is 56.2 Å². The van der Waals surface area contributed by atoms with E-state index < -0.39 is 0 Å². The van der Waals surface area contributed by atoms with Crippen LogP contribution in [0, 0.1) is 23.7 Å². The Kier molecular flexibility index (Phi) is 11.6. The molecule has 2 amide bonds. The molecule has 1 aliphatic rings. The highest BCUT2D eigenvalue weighted by atomic mass is 16.2. The second kappa shape index (κ2) is 13.4. The van der Waals surface area contributed by atoms with E-state index >= 15 is 0 Å². The molecule has 0 aliphatic carbocycles. The van der Waals surface area contributed by atoms with Crippen LogP contribution < -0.4 is 0 Å². The highest BCUT2D eigenvalue weighted by molar-refractivity contribution is 6.21. The summed E-state index contributed by atoms with van der Waals surface area (Å²) in [5.41, 5.74) is 1.08. The van der Waals surface area contributed by atoms with Gasteiger partial charge in [0.25, 0.3) is 11.8 Å². The van der Waals surface area contributed by atoms with Gasteiger partial charge in [-0.05, 0) is 48.6 Å². The Morgan fingerprint density at radius 3 is 1.61 bits per heavy atom. The van der Waals surface area contributed by atoms with E-state index in [0.717, 1.165) is 24.8 Å². The van der Waals surface area contributed by atoms with Crippen LogP contribution in [0.1, 0.15) is 75.1 Å². The maximum Gasteiger partial charge on any atom is 0.261 e. The summed E-state index contributed by atoms with van der Waals surface area (Å²) in [6.07, 6.45) is 2.27. The predicted octanol–water partition coefficient (Wildman–Crippen LogP) is 5.11. The Hall–Kier alpha value is -2.37. The molecule has 1 aliphatic heterocycles. The van der Waals surface area contributed by atoms with Crippen LogP contribution in [0.25, 0.3) is 0 Å². The lowest BCUT2D eigenvalue weighted by Crippen LogP contribution is -2.35. The molecule has 0 spiro atoms. The Bertz CT molecular complexity index is 754. The molecular formula is C27H46N4O2. The van der Waals surface area contributed by atoms with Crippen molar-refractivity contribution in [1.82, 2.24) is 14.7 Å². The van der Waals surface area contributed by atoms with Crippen molar-refractivity contribution in [3.8, 4) is 0 Å². The first-order valence-electron chi connectivity index (χ1n) is 12.2. The Labute approximate surface area is 202 Å². The van der Waals surface area contributed by atoms with Crippen molar-refractivity contribution in [1.29, 1.82) is 0 Å². The zero-order valence-electron chi connectivity index (χ0n) is 22.6. The van der Waals surface area contributed by atoms with Crippen molar-refractivity contribution in [2.75, 3.05) is 41.3 Å². The van der Waals surface area contributed by atoms with E-state index in [1.165, 1.54) is 11.3 Å². The minimum absolute atomic E-state index is 0.147. The van der Waals surface area contributed by atoms with Crippen LogP contribution in [0.3, 0.4) is 0 Å². The molecule has 0 N–H and O–H groups in total. The number of hydrogen-bond acceptors (Lipinski definition) is 3. The molecular weight excluding hydrogens is 412 g/mol. The van der Waals surface area contributed by atoms with Gasteiger partial charge in [0, 0.05) is 41.3 Å². The van der Waals surface area contributed by atoms with Gasteiger partial charge in [0.2, 0.25) is 0 Å². The molecule has 0 radical (unpaired) electrons. The van der Waals surface area contributed by atoms with Crippen LogP contribution in [0.2, 0.25) is 0 Å². The number of rotatable bonds is 8. The molecule has 0 aromatic heterocycles. The van der Waals surface area contributed by atoms with Crippen LogP contribution in [0.15, 0.2) is 29.3 Å². The van der Waals surface area contributed by atoms with Crippen LogP contribution in [-0.4, -0.2) is 73.8 Å². The number of fused-ring (bicyclic) bond motifs is 1. The maximum atomic E-state index is 12.1. The monoisotopic (exact) mass is 458 g/mol. The first kappa shape index (κ1) is 28.7. The highest BCUT2D eigenvalue weighted by Crippen LogP contribution is 2.24. The first-order valence-corrected chi connectivity index (χ1v) is 12.2. The van der Waals surface area contributed by atoms with Gasteiger partial charge in [0.1, 0.15) is 0 Å². The van der Waals surface area contributed by atoms with E-state index in [4.69, 9.17) is 0 Å². The number of imide groups is 1. The molecule has 186 valence electrons. The SMILES string of the molecule is CC(C)C[C@H](C)CN1C(=O)c2ccccc2C1=O.CC(C)C[C@H](C)CN=C(N(C)C)N(C)C. The summed E-state index contributed by atoms with van der Waals surface area (Å²) < 4.78 is 0. The fourth-order valence-electron chi connectivity index (χ4n) is 4.40. The third kappa shape index (κ3) is 9.18. The smallest absolute Gasteiger partial charge is 0.261 e. The number of amides is 2. The second-order valence-corrected chi connectivity index (χ2v) is 10.7. The van der Waals surface area contributed by atoms with Crippen molar-refractivity contribution in [3.05, 3.63) is 35.4 Å². The lowest BCUT2D eigenvalue weighted by atomic mass is 9.98. The van der Waals surface area contributed by atoms with Gasteiger partial charge in [-0.15, -0.1) is 0 Å². The summed E-state index contributed by atoms with van der Waals surface area (Å²) in [5.74, 6) is 3.10. The minimum Gasteiger partial charge on any atom is -0.349 e. The largest absolute Gasteiger partial charge is 0.349 e. The average molecular weight is 459 g/mol. The Morgan fingerprint density at radius 2 is 1.21 bits per heavy atom. The molecule has 0 saturated carbocycles. The predicted molar refractivity (Wildman–Crippen MR) is 139 cm³/mol. The summed E-state index contributed by atoms with van der Waals surface area (Å²) in [4.78, 5) is 34.4. The van der Waals surface area contributed by atoms with Gasteiger partial charge in [-0.25, -0.2) is 0 Å². The molecule has 33 heavy (non-hydrogen) atoms. The lowest BCUT2D eigenvalue weighted by molar-refractivity contribution is 0.0627. The van der Waals surface area contributed by atoms with Gasteiger partial charge in [0.15, 0.2) is 5.96 Å². The second-order valence-electron chi connectivity index (χ2n) is 10.7. The molecule has 0 saturated heterocycles. The van der Waals surface area contributed by atoms with Gasteiger partial charge < -0.3 is 9.80 Å². The molecule has 1 heterocycles. The fraction of sp³-hybridized carbons (Fsp3) is 0.667. The van der Waals surface area contributed by atoms with E-state index in [1.54, 1.807) is 24.3 Å². The molecule has 0 fully saturated rings. The quantitative estimate of drug-likeness (QED) is 0.308. The maximum absolute atomic E-state index is 12.1. The van der Waals surface area contributed by atoms with E-state index in [0.29, 0.717) is 35.4 Å². The number of nitrogens with zero attached hydrogens (tertiary/aromatic N) is 4. The van der Waals surface area contributed by atoms with Gasteiger partial charge >= 0.3 is 0 Å². The standard InChI is InChI=1S/C15H19NO2.C12H27N3/c1-10(2)8-11(3)9-16-14(17)12-6-4-5-7-13(12)15(16)18;1-10(2)8-11(3)9-13-12(14(4)5)15(6)7/h4-7,10-11H,8-9H2,1-3H3;10-11H,8-9H2,1-7H3/t2*11-/m00/s1. The summed E-state index contributed by atoms with van der Waals surface area (Å²) in [5, 5.41) is 0. The van der Waals surface area contributed by atoms with Gasteiger partial charge in [0.05, 0.1) is 11.1 Å². The summed E-state index contributed by atoms with van der Waals surface area (Å²) >= 11 is 0. The van der Waals surface area contributed by atoms with Crippen LogP contribution in [-0.2, 0) is 0 Å². The van der Waals surface area contributed by atoms with Crippen LogP contribution >= 0.6 is 0 Å². The molecule has 2 rings (SSSR count). The molecule has 6 nitrogen and oxygen atoms in total. The number of aliphatic imine (C=N–C) groups is 1. The zero-order valence-corrected chi connectivity index (χ0v) is 22.6. The number of carbonyl (C=O) groups excluding carboxylic acids is 2. The van der Waals surface area contributed by atoms with E-state index in [1.807, 2.05) is 28.2 Å². The van der Waals surface area contributed by atoms with Crippen LogP contribution in [0.5, 0.6) is 0 Å². The molecule has 0 bridgehead atoms. The first-order chi connectivity index (χ1) is 15.3. The van der Waals surface area contributed by atoms with Gasteiger partial charge in [-0.3, -0.25) is 19.5 Å². The molecule has 0 unspecified atom stereocenters. The van der Waals surface area contributed by atoms with E-state index in [2.05, 4.69) is 56.3 Å². The van der Waals surface area contributed by atoms with Crippen molar-refractivity contribution in [2.24, 2.45) is 28.7 Å². The molecule has 1 aromatic carbocycles. The lowest BCUT2D eigenvalue weighted by Gasteiger charge is -2.23. The van der Waals surface area contributed by atoms with Crippen molar-refractivity contribution < 1.29 is 9.59 Å².